The number of halogens is 2. The quantitative estimate of drug-likeness (QED) is 0.610. The van der Waals surface area contributed by atoms with Gasteiger partial charge in [-0.2, -0.15) is 4.99 Å². The lowest BCUT2D eigenvalue weighted by Crippen LogP contribution is -2.01. The third-order valence-electron chi connectivity index (χ3n) is 2.83. The molecule has 1 unspecified atom stereocenters. The molecule has 0 aliphatic heterocycles. The number of aliphatic imine (C=N–C) groups is 1. The van der Waals surface area contributed by atoms with Crippen molar-refractivity contribution in [1.29, 1.82) is 0 Å². The molecular weight excluding hydrogens is 265 g/mol. The van der Waals surface area contributed by atoms with Gasteiger partial charge in [0.05, 0.1) is 6.04 Å². The van der Waals surface area contributed by atoms with Crippen molar-refractivity contribution in [3.63, 3.8) is 0 Å². The third-order valence-corrected chi connectivity index (χ3v) is 3.20. The molecule has 0 aliphatic rings. The number of nitrogens with zero attached hydrogens (tertiary/aromatic N) is 1. The number of hydrogen-bond acceptors (Lipinski definition) is 2. The van der Waals surface area contributed by atoms with Gasteiger partial charge in [0.15, 0.2) is 0 Å². The highest BCUT2D eigenvalue weighted by molar-refractivity contribution is 6.31. The van der Waals surface area contributed by atoms with Crippen LogP contribution in [0.2, 0.25) is 5.02 Å². The van der Waals surface area contributed by atoms with Crippen molar-refractivity contribution in [1.82, 2.24) is 0 Å². The van der Waals surface area contributed by atoms with E-state index in [1.54, 1.807) is 24.3 Å². The summed E-state index contributed by atoms with van der Waals surface area (Å²) in [4.78, 5) is 14.3. The molecule has 0 bridgehead atoms. The fraction of sp³-hybridized carbons (Fsp3) is 0.133. The van der Waals surface area contributed by atoms with Gasteiger partial charge in [-0.05, 0) is 29.3 Å². The minimum Gasteiger partial charge on any atom is -0.211 e. The fourth-order valence-corrected chi connectivity index (χ4v) is 2.07. The second kappa shape index (κ2) is 6.28. The smallest absolute Gasteiger partial charge is 0.211 e. The Bertz CT molecular complexity index is 606. The second-order valence-electron chi connectivity index (χ2n) is 4.08. The van der Waals surface area contributed by atoms with Crippen molar-refractivity contribution < 1.29 is 9.18 Å². The molecule has 2 nitrogen and oxygen atoms in total. The first-order valence-corrected chi connectivity index (χ1v) is 6.14. The fourth-order valence-electron chi connectivity index (χ4n) is 1.86. The van der Waals surface area contributed by atoms with Crippen LogP contribution in [0.15, 0.2) is 53.5 Å². The molecule has 2 aromatic carbocycles. The maximum absolute atomic E-state index is 12.9. The molecule has 19 heavy (non-hydrogen) atoms. The summed E-state index contributed by atoms with van der Waals surface area (Å²) < 4.78 is 12.9. The molecule has 0 amide bonds. The van der Waals surface area contributed by atoms with Crippen LogP contribution in [0, 0.1) is 5.82 Å². The van der Waals surface area contributed by atoms with E-state index in [-0.39, 0.29) is 5.82 Å². The van der Waals surface area contributed by atoms with E-state index in [0.29, 0.717) is 11.4 Å². The first-order valence-electron chi connectivity index (χ1n) is 5.76. The van der Waals surface area contributed by atoms with E-state index in [2.05, 4.69) is 4.99 Å². The highest BCUT2D eigenvalue weighted by Crippen LogP contribution is 2.26. The normalized spacial score (nSPS) is 11.7. The summed E-state index contributed by atoms with van der Waals surface area (Å²) in [7, 11) is 0. The molecular formula is C15H11ClFNO. The van der Waals surface area contributed by atoms with Gasteiger partial charge in [-0.3, -0.25) is 0 Å². The van der Waals surface area contributed by atoms with E-state index in [4.69, 9.17) is 11.6 Å². The van der Waals surface area contributed by atoms with Gasteiger partial charge in [0.2, 0.25) is 6.08 Å². The molecule has 0 fully saturated rings. The minimum atomic E-state index is -0.405. The van der Waals surface area contributed by atoms with Crippen LogP contribution in [0.4, 0.5) is 4.39 Å². The van der Waals surface area contributed by atoms with E-state index in [1.165, 1.54) is 12.1 Å². The Morgan fingerprint density at radius 2 is 1.84 bits per heavy atom. The first-order chi connectivity index (χ1) is 9.20. The average Bonchev–Trinajstić information content (AvgIpc) is 2.42. The summed E-state index contributed by atoms with van der Waals surface area (Å²) in [6.07, 6.45) is 2.03. The van der Waals surface area contributed by atoms with Gasteiger partial charge >= 0.3 is 0 Å². The molecule has 4 heteroatoms. The Balaban J connectivity index is 2.29. The van der Waals surface area contributed by atoms with Crippen molar-refractivity contribution in [2.45, 2.75) is 12.5 Å². The maximum Gasteiger partial charge on any atom is 0.235 e. The van der Waals surface area contributed by atoms with Gasteiger partial charge in [-0.1, -0.05) is 41.9 Å². The maximum atomic E-state index is 12.9. The van der Waals surface area contributed by atoms with Crippen molar-refractivity contribution in [2.75, 3.05) is 0 Å². The van der Waals surface area contributed by atoms with E-state index >= 15 is 0 Å². The first kappa shape index (κ1) is 13.5. The summed E-state index contributed by atoms with van der Waals surface area (Å²) in [6.45, 7) is 0. The molecule has 96 valence electrons. The van der Waals surface area contributed by atoms with Gasteiger partial charge in [-0.25, -0.2) is 9.18 Å². The number of isocyanates is 1. The molecule has 0 saturated heterocycles. The van der Waals surface area contributed by atoms with Crippen molar-refractivity contribution in [3.05, 3.63) is 70.5 Å². The molecule has 0 aliphatic carbocycles. The Hall–Kier alpha value is -1.96. The van der Waals surface area contributed by atoms with Crippen LogP contribution in [0.25, 0.3) is 0 Å². The molecule has 0 radical (unpaired) electrons. The third kappa shape index (κ3) is 3.50. The SMILES string of the molecule is O=C=NC(Cc1ccccc1Cl)c1ccc(F)cc1. The van der Waals surface area contributed by atoms with Gasteiger partial charge in [0.25, 0.3) is 0 Å². The summed E-state index contributed by atoms with van der Waals surface area (Å²) in [5.41, 5.74) is 1.64. The highest BCUT2D eigenvalue weighted by Gasteiger charge is 2.13. The molecule has 0 aromatic heterocycles. The van der Waals surface area contributed by atoms with Crippen LogP contribution < -0.4 is 0 Å². The van der Waals surface area contributed by atoms with E-state index in [0.717, 1.165) is 11.1 Å². The van der Waals surface area contributed by atoms with Gasteiger partial charge < -0.3 is 0 Å². The van der Waals surface area contributed by atoms with Gasteiger partial charge in [0.1, 0.15) is 5.82 Å². The number of carbonyl (C=O) groups excluding carboxylic acids is 1. The molecule has 0 N–H and O–H groups in total. The molecule has 0 heterocycles. The molecule has 1 atom stereocenters. The average molecular weight is 276 g/mol. The topological polar surface area (TPSA) is 29.4 Å². The molecule has 0 spiro atoms. The van der Waals surface area contributed by atoms with Gasteiger partial charge in [-0.15, -0.1) is 0 Å². The van der Waals surface area contributed by atoms with Crippen LogP contribution in [-0.4, -0.2) is 6.08 Å². The number of benzene rings is 2. The predicted molar refractivity (Wildman–Crippen MR) is 72.4 cm³/mol. The lowest BCUT2D eigenvalue weighted by atomic mass is 9.99. The largest absolute Gasteiger partial charge is 0.235 e. The van der Waals surface area contributed by atoms with Crippen LogP contribution in [0.3, 0.4) is 0 Å². The van der Waals surface area contributed by atoms with E-state index < -0.39 is 6.04 Å². The summed E-state index contributed by atoms with van der Waals surface area (Å²) in [6, 6.07) is 12.9. The zero-order chi connectivity index (χ0) is 13.7. The number of hydrogen-bond donors (Lipinski definition) is 0. The highest BCUT2D eigenvalue weighted by atomic mass is 35.5. The molecule has 2 aromatic rings. The van der Waals surface area contributed by atoms with E-state index in [9.17, 15) is 9.18 Å². The monoisotopic (exact) mass is 275 g/mol. The Morgan fingerprint density at radius 3 is 2.47 bits per heavy atom. The summed E-state index contributed by atoms with van der Waals surface area (Å²) in [5.74, 6) is -0.324. The van der Waals surface area contributed by atoms with Crippen molar-refractivity contribution in [3.8, 4) is 0 Å². The lowest BCUT2D eigenvalue weighted by Gasteiger charge is -2.12. The Labute approximate surface area is 115 Å². The van der Waals surface area contributed by atoms with Crippen molar-refractivity contribution in [2.24, 2.45) is 4.99 Å². The van der Waals surface area contributed by atoms with Crippen LogP contribution in [0.5, 0.6) is 0 Å². The lowest BCUT2D eigenvalue weighted by molar-refractivity contribution is 0.557. The predicted octanol–water partition coefficient (Wildman–Crippen LogP) is 4.10. The Kier molecular flexibility index (Phi) is 4.45. The van der Waals surface area contributed by atoms with Gasteiger partial charge in [0, 0.05) is 11.4 Å². The number of rotatable bonds is 4. The zero-order valence-corrected chi connectivity index (χ0v) is 10.8. The second-order valence-corrected chi connectivity index (χ2v) is 4.49. The van der Waals surface area contributed by atoms with Crippen molar-refractivity contribution >= 4 is 17.7 Å². The van der Waals surface area contributed by atoms with Crippen LogP contribution in [0.1, 0.15) is 17.2 Å². The van der Waals surface area contributed by atoms with Crippen LogP contribution in [-0.2, 0) is 11.2 Å². The molecule has 2 rings (SSSR count). The summed E-state index contributed by atoms with van der Waals surface area (Å²) >= 11 is 6.08. The van der Waals surface area contributed by atoms with E-state index in [1.807, 2.05) is 18.2 Å². The zero-order valence-electron chi connectivity index (χ0n) is 10.0. The summed E-state index contributed by atoms with van der Waals surface area (Å²) in [5, 5.41) is 0.621. The Morgan fingerprint density at radius 1 is 1.16 bits per heavy atom. The van der Waals surface area contributed by atoms with Crippen LogP contribution >= 0.6 is 11.6 Å². The standard InChI is InChI=1S/C15H11ClFNO/c16-14-4-2-1-3-12(14)9-15(18-10-19)11-5-7-13(17)8-6-11/h1-8,15H,9H2. The molecule has 0 saturated carbocycles. The minimum absolute atomic E-state index is 0.324.